The number of hydrogen-bond donors (Lipinski definition) is 5. The molecule has 2 heterocycles. The van der Waals surface area contributed by atoms with Crippen LogP contribution in [-0.4, -0.2) is 55.3 Å². The third-order valence-electron chi connectivity index (χ3n) is 6.12. The topological polar surface area (TPSA) is 153 Å². The highest BCUT2D eigenvalue weighted by Crippen LogP contribution is 2.37. The van der Waals surface area contributed by atoms with Crippen molar-refractivity contribution in [1.29, 1.82) is 0 Å². The largest absolute Gasteiger partial charge is 0.465 e. The molecule has 2 aromatic carbocycles. The first kappa shape index (κ1) is 29.3. The monoisotopic (exact) mass is 586 g/mol. The molecule has 0 spiro atoms. The average Bonchev–Trinajstić information content (AvgIpc) is 3.37. The summed E-state index contributed by atoms with van der Waals surface area (Å²) >= 11 is 1.37. The molecule has 214 valence electrons. The van der Waals surface area contributed by atoms with Gasteiger partial charge in [-0.25, -0.2) is 27.7 Å². The molecule has 1 aliphatic heterocycles. The molecular formula is C27H34N6O5S2. The van der Waals surface area contributed by atoms with Crippen LogP contribution in [0.1, 0.15) is 39.2 Å². The number of carbonyl (C=O) groups is 2. The van der Waals surface area contributed by atoms with E-state index in [2.05, 4.69) is 30.6 Å². The van der Waals surface area contributed by atoms with Crippen LogP contribution >= 0.6 is 11.3 Å². The molecule has 13 heteroatoms. The minimum Gasteiger partial charge on any atom is -0.465 e. The highest BCUT2D eigenvalue weighted by atomic mass is 32.2. The Labute approximate surface area is 238 Å². The fourth-order valence-corrected chi connectivity index (χ4v) is 7.10. The minimum absolute atomic E-state index is 0.0304. The smallest absolute Gasteiger partial charge is 0.404 e. The van der Waals surface area contributed by atoms with Crippen molar-refractivity contribution >= 4 is 44.3 Å². The SMILES string of the molecule is CC(C)(C)NS(=O)(=O)c1cc(NC(=O)NCc2ccccc2)ccc1-c1cnc(N2CCC(NC(=O)O)CC2)s1. The van der Waals surface area contributed by atoms with Gasteiger partial charge in [0.2, 0.25) is 10.0 Å². The van der Waals surface area contributed by atoms with Crippen molar-refractivity contribution in [3.8, 4) is 10.4 Å². The van der Waals surface area contributed by atoms with E-state index in [1.807, 2.05) is 30.3 Å². The lowest BCUT2D eigenvalue weighted by molar-refractivity contribution is 0.187. The number of rotatable bonds is 8. The Morgan fingerprint density at radius 3 is 2.45 bits per heavy atom. The molecule has 0 radical (unpaired) electrons. The number of carbonyl (C=O) groups excluding carboxylic acids is 1. The number of nitrogens with one attached hydrogen (secondary N) is 4. The number of anilines is 2. The normalized spacial score (nSPS) is 14.5. The van der Waals surface area contributed by atoms with Gasteiger partial charge in [-0.05, 0) is 51.3 Å². The van der Waals surface area contributed by atoms with Gasteiger partial charge in [0, 0.05) is 48.7 Å². The molecule has 1 aromatic heterocycles. The Balaban J connectivity index is 1.56. The first-order valence-electron chi connectivity index (χ1n) is 12.9. The lowest BCUT2D eigenvalue weighted by atomic mass is 10.1. The fraction of sp³-hybridized carbons (Fsp3) is 0.370. The predicted octanol–water partition coefficient (Wildman–Crippen LogP) is 4.45. The second-order valence-corrected chi connectivity index (χ2v) is 13.2. The number of urea groups is 1. The van der Waals surface area contributed by atoms with Crippen LogP contribution in [0, 0.1) is 0 Å². The number of thiazole rings is 1. The summed E-state index contributed by atoms with van der Waals surface area (Å²) in [4.78, 5) is 30.8. The molecular weight excluding hydrogens is 552 g/mol. The van der Waals surface area contributed by atoms with Gasteiger partial charge < -0.3 is 26.0 Å². The molecule has 11 nitrogen and oxygen atoms in total. The van der Waals surface area contributed by atoms with Crippen molar-refractivity contribution in [3.63, 3.8) is 0 Å². The Kier molecular flexibility index (Phi) is 8.96. The zero-order valence-corrected chi connectivity index (χ0v) is 24.2. The van der Waals surface area contributed by atoms with Crippen molar-refractivity contribution in [2.75, 3.05) is 23.3 Å². The van der Waals surface area contributed by atoms with Crippen LogP contribution in [0.5, 0.6) is 0 Å². The molecule has 0 saturated carbocycles. The van der Waals surface area contributed by atoms with Crippen LogP contribution in [-0.2, 0) is 16.6 Å². The van der Waals surface area contributed by atoms with Crippen LogP contribution in [0.15, 0.2) is 59.6 Å². The number of aromatic nitrogens is 1. The van der Waals surface area contributed by atoms with Crippen molar-refractivity contribution in [3.05, 3.63) is 60.3 Å². The summed E-state index contributed by atoms with van der Waals surface area (Å²) in [5.41, 5.74) is 1.02. The summed E-state index contributed by atoms with van der Waals surface area (Å²) in [6.45, 7) is 6.88. The zero-order chi connectivity index (χ0) is 28.9. The van der Waals surface area contributed by atoms with Crippen LogP contribution < -0.4 is 25.6 Å². The Bertz CT molecular complexity index is 1450. The number of nitrogens with zero attached hydrogens (tertiary/aromatic N) is 2. The second-order valence-electron chi connectivity index (χ2n) is 10.6. The summed E-state index contributed by atoms with van der Waals surface area (Å²) in [5.74, 6) is 0. The van der Waals surface area contributed by atoms with E-state index < -0.39 is 27.7 Å². The number of carboxylic acid groups (broad SMARTS) is 1. The van der Waals surface area contributed by atoms with E-state index in [4.69, 9.17) is 5.11 Å². The van der Waals surface area contributed by atoms with Crippen molar-refractivity contribution in [1.82, 2.24) is 20.3 Å². The molecule has 4 rings (SSSR count). The highest BCUT2D eigenvalue weighted by molar-refractivity contribution is 7.89. The zero-order valence-electron chi connectivity index (χ0n) is 22.6. The van der Waals surface area contributed by atoms with E-state index in [1.165, 1.54) is 17.4 Å². The summed E-state index contributed by atoms with van der Waals surface area (Å²) in [6.07, 6.45) is 1.93. The first-order chi connectivity index (χ1) is 18.9. The van der Waals surface area contributed by atoms with E-state index in [9.17, 15) is 18.0 Å². The molecule has 1 fully saturated rings. The molecule has 3 amide bonds. The molecule has 1 aliphatic rings. The van der Waals surface area contributed by atoms with Crippen LogP contribution in [0.4, 0.5) is 20.4 Å². The molecule has 0 aliphatic carbocycles. The number of amides is 3. The summed E-state index contributed by atoms with van der Waals surface area (Å²) in [7, 11) is -3.97. The van der Waals surface area contributed by atoms with Crippen molar-refractivity contribution in [2.24, 2.45) is 0 Å². The molecule has 5 N–H and O–H groups in total. The maximum absolute atomic E-state index is 13.5. The maximum Gasteiger partial charge on any atom is 0.404 e. The van der Waals surface area contributed by atoms with Gasteiger partial charge in [0.05, 0.1) is 9.77 Å². The van der Waals surface area contributed by atoms with E-state index in [-0.39, 0.29) is 10.9 Å². The quantitative estimate of drug-likeness (QED) is 0.262. The van der Waals surface area contributed by atoms with Crippen LogP contribution in [0.25, 0.3) is 10.4 Å². The van der Waals surface area contributed by atoms with Gasteiger partial charge >= 0.3 is 12.1 Å². The van der Waals surface area contributed by atoms with E-state index in [1.54, 1.807) is 39.1 Å². The second kappa shape index (κ2) is 12.2. The molecule has 40 heavy (non-hydrogen) atoms. The van der Waals surface area contributed by atoms with E-state index in [0.717, 1.165) is 10.7 Å². The Hall–Kier alpha value is -3.68. The van der Waals surface area contributed by atoms with Crippen molar-refractivity contribution < 1.29 is 23.1 Å². The molecule has 0 bridgehead atoms. The summed E-state index contributed by atoms with van der Waals surface area (Å²) < 4.78 is 29.7. The molecule has 0 unspecified atom stereocenters. The summed E-state index contributed by atoms with van der Waals surface area (Å²) in [5, 5.41) is 17.7. The first-order valence-corrected chi connectivity index (χ1v) is 15.2. The molecule has 1 saturated heterocycles. The maximum atomic E-state index is 13.5. The van der Waals surface area contributed by atoms with E-state index >= 15 is 0 Å². The standard InChI is InChI=1S/C27H34N6O5S2/c1-27(2,3)32-40(37,38)23-15-20(30-24(34)28-16-18-7-5-4-6-8-18)9-10-21(23)22-17-29-25(39-22)33-13-11-19(12-14-33)31-26(35)36/h4-10,15,17,19,31-32H,11-14,16H2,1-3H3,(H,35,36)(H2,28,30,34). The molecule has 3 aromatic rings. The average molecular weight is 587 g/mol. The van der Waals surface area contributed by atoms with Gasteiger partial charge in [-0.3, -0.25) is 0 Å². The Morgan fingerprint density at radius 1 is 1.10 bits per heavy atom. The van der Waals surface area contributed by atoms with Gasteiger partial charge in [-0.2, -0.15) is 0 Å². The molecule has 0 atom stereocenters. The third-order valence-corrected chi connectivity index (χ3v) is 9.01. The number of sulfonamides is 1. The highest BCUT2D eigenvalue weighted by Gasteiger charge is 2.28. The summed E-state index contributed by atoms with van der Waals surface area (Å²) in [6, 6.07) is 13.7. The predicted molar refractivity (Wildman–Crippen MR) is 156 cm³/mol. The lowest BCUT2D eigenvalue weighted by Crippen LogP contribution is -2.44. The van der Waals surface area contributed by atoms with Crippen LogP contribution in [0.2, 0.25) is 0 Å². The van der Waals surface area contributed by atoms with E-state index in [0.29, 0.717) is 48.6 Å². The van der Waals surface area contributed by atoms with Crippen molar-refractivity contribution in [2.45, 2.75) is 56.6 Å². The lowest BCUT2D eigenvalue weighted by Gasteiger charge is -2.31. The van der Waals surface area contributed by atoms with Gasteiger partial charge in [0.25, 0.3) is 0 Å². The van der Waals surface area contributed by atoms with Gasteiger partial charge in [0.15, 0.2) is 5.13 Å². The van der Waals surface area contributed by atoms with Gasteiger partial charge in [-0.1, -0.05) is 47.7 Å². The van der Waals surface area contributed by atoms with Gasteiger partial charge in [0.1, 0.15) is 0 Å². The number of piperidine rings is 1. The number of hydrogen-bond acceptors (Lipinski definition) is 7. The number of benzene rings is 2. The Morgan fingerprint density at radius 2 is 1.80 bits per heavy atom. The van der Waals surface area contributed by atoms with Gasteiger partial charge in [-0.15, -0.1) is 0 Å². The fourth-order valence-electron chi connectivity index (χ4n) is 4.36. The minimum atomic E-state index is -3.97. The third kappa shape index (κ3) is 7.93. The van der Waals surface area contributed by atoms with Crippen LogP contribution in [0.3, 0.4) is 0 Å².